The average molecular weight is 418 g/mol. The van der Waals surface area contributed by atoms with Gasteiger partial charge in [-0.15, -0.1) is 6.42 Å². The zero-order chi connectivity index (χ0) is 21.9. The maximum absolute atomic E-state index is 13.0. The van der Waals surface area contributed by atoms with Gasteiger partial charge in [-0.2, -0.15) is 0 Å². The van der Waals surface area contributed by atoms with E-state index in [0.29, 0.717) is 12.4 Å². The molecule has 154 valence electrons. The molecule has 0 spiro atoms. The molecule has 5 rings (SSSR count). The molecule has 0 fully saturated rings. The highest BCUT2D eigenvalue weighted by Crippen LogP contribution is 2.25. The first-order valence-corrected chi connectivity index (χ1v) is 9.97. The van der Waals surface area contributed by atoms with E-state index in [-0.39, 0.29) is 5.69 Å². The molecule has 7 heteroatoms. The number of fused-ring (bicyclic) bond motifs is 1. The maximum atomic E-state index is 13.0. The summed E-state index contributed by atoms with van der Waals surface area (Å²) in [6.07, 6.45) is 14.0. The zero-order valence-corrected chi connectivity index (χ0v) is 17.0. The molecule has 7 nitrogen and oxygen atoms in total. The zero-order valence-electron chi connectivity index (χ0n) is 17.0. The summed E-state index contributed by atoms with van der Waals surface area (Å²) in [4.78, 5) is 25.9. The van der Waals surface area contributed by atoms with Gasteiger partial charge >= 0.3 is 5.69 Å². The van der Waals surface area contributed by atoms with Crippen LogP contribution in [-0.2, 0) is 6.54 Å². The number of aromatic nitrogens is 5. The molecule has 0 saturated heterocycles. The summed E-state index contributed by atoms with van der Waals surface area (Å²) < 4.78 is 3.25. The molecule has 0 aliphatic heterocycles. The first-order chi connectivity index (χ1) is 15.7. The Hall–Kier alpha value is -4.70. The molecule has 0 atom stereocenters. The number of imidazole rings is 1. The summed E-state index contributed by atoms with van der Waals surface area (Å²) in [5.41, 5.74) is 3.91. The molecule has 0 aliphatic rings. The van der Waals surface area contributed by atoms with E-state index < -0.39 is 0 Å². The number of terminal acetylenes is 1. The fraction of sp³-hybridized carbons (Fsp3) is 0.0400. The molecular weight excluding hydrogens is 400 g/mol. The second kappa shape index (κ2) is 8.20. The predicted octanol–water partition coefficient (Wildman–Crippen LogP) is 3.75. The van der Waals surface area contributed by atoms with Crippen molar-refractivity contribution in [1.29, 1.82) is 0 Å². The first-order valence-electron chi connectivity index (χ1n) is 9.97. The molecule has 0 saturated carbocycles. The lowest BCUT2D eigenvalue weighted by Gasteiger charge is -2.10. The van der Waals surface area contributed by atoms with E-state index in [1.165, 1.54) is 6.33 Å². The van der Waals surface area contributed by atoms with Gasteiger partial charge in [0.25, 0.3) is 0 Å². The van der Waals surface area contributed by atoms with Crippen LogP contribution in [0.2, 0.25) is 0 Å². The highest BCUT2D eigenvalue weighted by molar-refractivity contribution is 5.92. The molecule has 5 aromatic rings. The summed E-state index contributed by atoms with van der Waals surface area (Å²) in [5, 5.41) is 4.10. The van der Waals surface area contributed by atoms with Gasteiger partial charge in [-0.25, -0.2) is 14.8 Å². The lowest BCUT2D eigenvalue weighted by atomic mass is 10.2. The van der Waals surface area contributed by atoms with Gasteiger partial charge in [0.2, 0.25) is 0 Å². The van der Waals surface area contributed by atoms with Crippen LogP contribution in [-0.4, -0.2) is 24.1 Å². The van der Waals surface area contributed by atoms with Crippen molar-refractivity contribution in [3.8, 4) is 18.0 Å². The molecule has 2 aromatic carbocycles. The Morgan fingerprint density at radius 3 is 2.81 bits per heavy atom. The van der Waals surface area contributed by atoms with Crippen LogP contribution in [0.25, 0.3) is 16.6 Å². The third-order valence-electron chi connectivity index (χ3n) is 5.11. The molecule has 0 bridgehead atoms. The largest absolute Gasteiger partial charge is 0.340 e. The Morgan fingerprint density at radius 2 is 1.97 bits per heavy atom. The number of rotatable bonds is 5. The predicted molar refractivity (Wildman–Crippen MR) is 124 cm³/mol. The number of hydrogen-bond acceptors (Lipinski definition) is 5. The fourth-order valence-corrected chi connectivity index (χ4v) is 3.54. The van der Waals surface area contributed by atoms with E-state index in [2.05, 4.69) is 26.2 Å². The number of nitrogens with zero attached hydrogens (tertiary/aromatic N) is 5. The van der Waals surface area contributed by atoms with Gasteiger partial charge < -0.3 is 5.32 Å². The van der Waals surface area contributed by atoms with Gasteiger partial charge in [0.05, 0.1) is 17.7 Å². The highest BCUT2D eigenvalue weighted by atomic mass is 16.1. The van der Waals surface area contributed by atoms with Crippen LogP contribution in [0.3, 0.4) is 0 Å². The SMILES string of the molecule is C#Cc1cccc(Nc2ncnc3ccc(-n4ccn(Cc5cccnc5)c4=O)cc23)c1. The number of nitrogens with one attached hydrogen (secondary N) is 1. The van der Waals surface area contributed by atoms with E-state index in [1.54, 1.807) is 33.9 Å². The topological polar surface area (TPSA) is 77.6 Å². The monoisotopic (exact) mass is 418 g/mol. The van der Waals surface area contributed by atoms with Crippen LogP contribution in [0.15, 0.2) is 90.5 Å². The highest BCUT2D eigenvalue weighted by Gasteiger charge is 2.10. The molecule has 32 heavy (non-hydrogen) atoms. The smallest absolute Gasteiger partial charge is 0.333 e. The molecule has 0 unspecified atom stereocenters. The molecule has 1 N–H and O–H groups in total. The van der Waals surface area contributed by atoms with Gasteiger partial charge in [-0.05, 0) is 48.0 Å². The van der Waals surface area contributed by atoms with Crippen molar-refractivity contribution >= 4 is 22.4 Å². The molecule has 3 aromatic heterocycles. The summed E-state index contributed by atoms with van der Waals surface area (Å²) in [5.74, 6) is 3.26. The van der Waals surface area contributed by atoms with E-state index >= 15 is 0 Å². The normalized spacial score (nSPS) is 10.7. The van der Waals surface area contributed by atoms with Crippen molar-refractivity contribution in [2.24, 2.45) is 0 Å². The Bertz CT molecular complexity index is 1510. The number of hydrogen-bond donors (Lipinski definition) is 1. The Labute approximate surface area is 184 Å². The minimum absolute atomic E-state index is 0.138. The maximum Gasteiger partial charge on any atom is 0.333 e. The number of anilines is 2. The van der Waals surface area contributed by atoms with Gasteiger partial charge in [-0.1, -0.05) is 18.1 Å². The van der Waals surface area contributed by atoms with Gasteiger partial charge in [-0.3, -0.25) is 14.1 Å². The molecular formula is C25H18N6O. The van der Waals surface area contributed by atoms with E-state index in [9.17, 15) is 4.79 Å². The quantitative estimate of drug-likeness (QED) is 0.440. The van der Waals surface area contributed by atoms with E-state index in [0.717, 1.165) is 33.4 Å². The number of benzene rings is 2. The first kappa shape index (κ1) is 19.3. The van der Waals surface area contributed by atoms with Crippen molar-refractivity contribution in [3.05, 3.63) is 107 Å². The van der Waals surface area contributed by atoms with Crippen LogP contribution in [0.4, 0.5) is 11.5 Å². The lowest BCUT2D eigenvalue weighted by molar-refractivity contribution is 0.740. The second-order valence-electron chi connectivity index (χ2n) is 7.21. The fourth-order valence-electron chi connectivity index (χ4n) is 3.54. The summed E-state index contributed by atoms with van der Waals surface area (Å²) in [7, 11) is 0. The Morgan fingerprint density at radius 1 is 1.03 bits per heavy atom. The van der Waals surface area contributed by atoms with E-state index in [4.69, 9.17) is 6.42 Å². The third-order valence-corrected chi connectivity index (χ3v) is 5.11. The molecule has 0 aliphatic carbocycles. The summed E-state index contributed by atoms with van der Waals surface area (Å²) in [6.45, 7) is 0.453. The standard InChI is InChI=1S/C25H18N6O/c1-2-18-5-3-7-20(13-18)29-24-22-14-21(8-9-23(22)27-17-28-24)31-12-11-30(25(31)32)16-19-6-4-10-26-15-19/h1,3-15,17H,16H2,(H,27,28,29). The van der Waals surface area contributed by atoms with Crippen molar-refractivity contribution in [2.45, 2.75) is 6.54 Å². The summed E-state index contributed by atoms with van der Waals surface area (Å²) >= 11 is 0. The van der Waals surface area contributed by atoms with Gasteiger partial charge in [0, 0.05) is 41.4 Å². The van der Waals surface area contributed by atoms with Crippen molar-refractivity contribution in [1.82, 2.24) is 24.1 Å². The Kier molecular flexibility index (Phi) is 4.94. The number of pyridine rings is 1. The lowest BCUT2D eigenvalue weighted by Crippen LogP contribution is -2.23. The van der Waals surface area contributed by atoms with Crippen LogP contribution < -0.4 is 11.0 Å². The van der Waals surface area contributed by atoms with Crippen molar-refractivity contribution < 1.29 is 0 Å². The molecule has 0 radical (unpaired) electrons. The van der Waals surface area contributed by atoms with Crippen LogP contribution in [0.1, 0.15) is 11.1 Å². The third kappa shape index (κ3) is 3.73. The van der Waals surface area contributed by atoms with Gasteiger partial charge in [0.15, 0.2) is 0 Å². The average Bonchev–Trinajstić information content (AvgIpc) is 3.19. The van der Waals surface area contributed by atoms with E-state index in [1.807, 2.05) is 54.6 Å². The van der Waals surface area contributed by atoms with Crippen LogP contribution in [0.5, 0.6) is 0 Å². The van der Waals surface area contributed by atoms with Crippen molar-refractivity contribution in [2.75, 3.05) is 5.32 Å². The Balaban J connectivity index is 1.52. The van der Waals surface area contributed by atoms with Gasteiger partial charge in [0.1, 0.15) is 12.1 Å². The van der Waals surface area contributed by atoms with Crippen LogP contribution in [0, 0.1) is 12.3 Å². The second-order valence-corrected chi connectivity index (χ2v) is 7.21. The minimum atomic E-state index is -0.138. The van der Waals surface area contributed by atoms with Crippen molar-refractivity contribution in [3.63, 3.8) is 0 Å². The minimum Gasteiger partial charge on any atom is -0.340 e. The molecule has 3 heterocycles. The molecule has 0 amide bonds. The van der Waals surface area contributed by atoms with Crippen LogP contribution >= 0.6 is 0 Å². The summed E-state index contributed by atoms with van der Waals surface area (Å²) in [6, 6.07) is 17.0.